The lowest BCUT2D eigenvalue weighted by Crippen LogP contribution is -2.58. The largest absolute Gasteiger partial charge is 0.480 e. The number of nitrogens with one attached hydrogen (secondary N) is 3. The highest BCUT2D eigenvalue weighted by molar-refractivity contribution is 5.94. The van der Waals surface area contributed by atoms with Crippen LogP contribution in [0.2, 0.25) is 0 Å². The highest BCUT2D eigenvalue weighted by Crippen LogP contribution is 2.11. The van der Waals surface area contributed by atoms with Crippen molar-refractivity contribution in [3.8, 4) is 0 Å². The Kier molecular flexibility index (Phi) is 12.4. The molecule has 196 valence electrons. The first kappa shape index (κ1) is 30.1. The van der Waals surface area contributed by atoms with Gasteiger partial charge in [-0.3, -0.25) is 14.4 Å². The lowest BCUT2D eigenvalue weighted by atomic mass is 9.98. The maximum absolute atomic E-state index is 13.1. The molecule has 0 aromatic heterocycles. The molecule has 0 spiro atoms. The lowest BCUT2D eigenvalue weighted by molar-refractivity contribution is -0.142. The molecule has 3 amide bonds. The zero-order chi connectivity index (χ0) is 26.7. The van der Waals surface area contributed by atoms with E-state index in [4.69, 9.17) is 5.73 Å². The normalized spacial score (nSPS) is 14.8. The monoisotopic (exact) mass is 490 g/mol. The topological polar surface area (TPSA) is 151 Å². The minimum absolute atomic E-state index is 0.0981. The Morgan fingerprint density at radius 1 is 0.771 bits per heavy atom. The van der Waals surface area contributed by atoms with Crippen LogP contribution in [-0.2, 0) is 25.6 Å². The van der Waals surface area contributed by atoms with Crippen LogP contribution in [0.3, 0.4) is 0 Å². The van der Waals surface area contributed by atoms with E-state index < -0.39 is 47.9 Å². The van der Waals surface area contributed by atoms with Crippen LogP contribution in [-0.4, -0.2) is 53.0 Å². The van der Waals surface area contributed by atoms with Crippen molar-refractivity contribution in [2.24, 2.45) is 23.5 Å². The molecule has 0 bridgehead atoms. The number of carboxylic acid groups (broad SMARTS) is 1. The number of carboxylic acids is 1. The fourth-order valence-electron chi connectivity index (χ4n) is 3.70. The second-order valence-corrected chi connectivity index (χ2v) is 10.2. The third-order valence-corrected chi connectivity index (χ3v) is 5.55. The molecular weight excluding hydrogens is 448 g/mol. The quantitative estimate of drug-likeness (QED) is 0.268. The number of carbonyl (C=O) groups excluding carboxylic acids is 3. The molecule has 0 fully saturated rings. The molecular formula is C26H42N4O5. The summed E-state index contributed by atoms with van der Waals surface area (Å²) in [5.74, 6) is -2.68. The first-order valence-electron chi connectivity index (χ1n) is 12.2. The van der Waals surface area contributed by atoms with Crippen LogP contribution < -0.4 is 21.7 Å². The number of hydrogen-bond acceptors (Lipinski definition) is 5. The molecule has 9 nitrogen and oxygen atoms in total. The van der Waals surface area contributed by atoms with Crippen LogP contribution in [0.1, 0.15) is 59.9 Å². The number of nitrogens with two attached hydrogens (primary N) is 1. The molecule has 0 radical (unpaired) electrons. The molecule has 6 N–H and O–H groups in total. The smallest absolute Gasteiger partial charge is 0.326 e. The molecule has 1 rings (SSSR count). The summed E-state index contributed by atoms with van der Waals surface area (Å²) in [6.45, 7) is 11.3. The minimum atomic E-state index is -1.17. The molecule has 0 unspecified atom stereocenters. The SMILES string of the molecule is CC(C)C[C@H](NC(=O)[C@@H](N)CC(C)C)C(=O)N[C@H](C(=O)N[C@@H](Cc1ccccc1)C(=O)O)C(C)C. The number of aliphatic carboxylic acids is 1. The third kappa shape index (κ3) is 10.9. The average Bonchev–Trinajstić information content (AvgIpc) is 2.75. The number of hydrogen-bond donors (Lipinski definition) is 5. The van der Waals surface area contributed by atoms with Gasteiger partial charge in [-0.25, -0.2) is 4.79 Å². The number of carbonyl (C=O) groups is 4. The van der Waals surface area contributed by atoms with Crippen LogP contribution in [0.15, 0.2) is 30.3 Å². The molecule has 0 saturated heterocycles. The Hall–Kier alpha value is -2.94. The Labute approximate surface area is 208 Å². The lowest BCUT2D eigenvalue weighted by Gasteiger charge is -2.28. The Balaban J connectivity index is 2.95. The van der Waals surface area contributed by atoms with Crippen LogP contribution >= 0.6 is 0 Å². The van der Waals surface area contributed by atoms with Crippen LogP contribution in [0.4, 0.5) is 0 Å². The van der Waals surface area contributed by atoms with E-state index in [0.717, 1.165) is 5.56 Å². The number of amides is 3. The summed E-state index contributed by atoms with van der Waals surface area (Å²) in [4.78, 5) is 50.5. The van der Waals surface area contributed by atoms with Crippen LogP contribution in [0.5, 0.6) is 0 Å². The summed E-state index contributed by atoms with van der Waals surface area (Å²) >= 11 is 0. The van der Waals surface area contributed by atoms with Gasteiger partial charge < -0.3 is 26.8 Å². The fourth-order valence-corrected chi connectivity index (χ4v) is 3.70. The molecule has 0 aliphatic rings. The van der Waals surface area contributed by atoms with Crippen LogP contribution in [0.25, 0.3) is 0 Å². The van der Waals surface area contributed by atoms with Crippen molar-refractivity contribution in [2.45, 2.75) is 85.0 Å². The predicted octanol–water partition coefficient (Wildman–Crippen LogP) is 1.84. The van der Waals surface area contributed by atoms with E-state index in [2.05, 4.69) is 16.0 Å². The van der Waals surface area contributed by atoms with Gasteiger partial charge in [-0.05, 0) is 36.2 Å². The fraction of sp³-hybridized carbons (Fsp3) is 0.615. The summed E-state index contributed by atoms with van der Waals surface area (Å²) in [5.41, 5.74) is 6.74. The molecule has 0 heterocycles. The van der Waals surface area contributed by atoms with E-state index in [0.29, 0.717) is 12.8 Å². The highest BCUT2D eigenvalue weighted by atomic mass is 16.4. The standard InChI is InChI=1S/C26H42N4O5/c1-15(2)12-19(27)23(31)28-20(13-16(3)4)24(32)30-22(17(5)6)25(33)29-21(26(34)35)14-18-10-8-7-9-11-18/h7-11,15-17,19-22H,12-14,27H2,1-6H3,(H,28,31)(H,29,33)(H,30,32)(H,34,35)/t19-,20-,21-,22-/m0/s1. The van der Waals surface area contributed by atoms with Crippen molar-refractivity contribution in [2.75, 3.05) is 0 Å². The van der Waals surface area contributed by atoms with Crippen molar-refractivity contribution in [1.82, 2.24) is 16.0 Å². The Bertz CT molecular complexity index is 841. The molecule has 0 aliphatic carbocycles. The van der Waals surface area contributed by atoms with Crippen LogP contribution in [0, 0.1) is 17.8 Å². The van der Waals surface area contributed by atoms with E-state index in [1.165, 1.54) is 0 Å². The van der Waals surface area contributed by atoms with E-state index in [1.807, 2.05) is 33.8 Å². The second-order valence-electron chi connectivity index (χ2n) is 10.2. The van der Waals surface area contributed by atoms with Crippen molar-refractivity contribution in [3.63, 3.8) is 0 Å². The van der Waals surface area contributed by atoms with E-state index in [-0.39, 0.29) is 24.2 Å². The Morgan fingerprint density at radius 2 is 1.31 bits per heavy atom. The van der Waals surface area contributed by atoms with E-state index in [1.54, 1.807) is 38.1 Å². The van der Waals surface area contributed by atoms with Gasteiger partial charge in [-0.2, -0.15) is 0 Å². The maximum Gasteiger partial charge on any atom is 0.326 e. The van der Waals surface area contributed by atoms with E-state index >= 15 is 0 Å². The summed E-state index contributed by atoms with van der Waals surface area (Å²) in [6.07, 6.45) is 0.960. The zero-order valence-electron chi connectivity index (χ0n) is 21.7. The van der Waals surface area contributed by atoms with Gasteiger partial charge in [-0.15, -0.1) is 0 Å². The molecule has 35 heavy (non-hydrogen) atoms. The van der Waals surface area contributed by atoms with Gasteiger partial charge in [0.05, 0.1) is 6.04 Å². The van der Waals surface area contributed by atoms with Gasteiger partial charge in [0.1, 0.15) is 18.1 Å². The molecule has 9 heteroatoms. The van der Waals surface area contributed by atoms with E-state index in [9.17, 15) is 24.3 Å². The Morgan fingerprint density at radius 3 is 1.80 bits per heavy atom. The summed E-state index contributed by atoms with van der Waals surface area (Å²) in [5, 5.41) is 17.6. The number of rotatable bonds is 14. The first-order chi connectivity index (χ1) is 16.3. The van der Waals surface area contributed by atoms with Gasteiger partial charge in [-0.1, -0.05) is 71.9 Å². The molecule has 1 aromatic rings. The average molecular weight is 491 g/mol. The van der Waals surface area contributed by atoms with Crippen molar-refractivity contribution < 1.29 is 24.3 Å². The number of benzene rings is 1. The summed E-state index contributed by atoms with van der Waals surface area (Å²) in [7, 11) is 0. The molecule has 0 saturated carbocycles. The van der Waals surface area contributed by atoms with Crippen molar-refractivity contribution in [3.05, 3.63) is 35.9 Å². The minimum Gasteiger partial charge on any atom is -0.480 e. The van der Waals surface area contributed by atoms with Gasteiger partial charge >= 0.3 is 5.97 Å². The molecule has 0 aliphatic heterocycles. The van der Waals surface area contributed by atoms with Gasteiger partial charge in [0.2, 0.25) is 17.7 Å². The van der Waals surface area contributed by atoms with Gasteiger partial charge in [0.15, 0.2) is 0 Å². The van der Waals surface area contributed by atoms with Crippen molar-refractivity contribution >= 4 is 23.7 Å². The first-order valence-corrected chi connectivity index (χ1v) is 12.2. The molecule has 4 atom stereocenters. The van der Waals surface area contributed by atoms with Gasteiger partial charge in [0, 0.05) is 6.42 Å². The van der Waals surface area contributed by atoms with Gasteiger partial charge in [0.25, 0.3) is 0 Å². The highest BCUT2D eigenvalue weighted by Gasteiger charge is 2.32. The zero-order valence-corrected chi connectivity index (χ0v) is 21.7. The maximum atomic E-state index is 13.1. The summed E-state index contributed by atoms with van der Waals surface area (Å²) < 4.78 is 0. The summed E-state index contributed by atoms with van der Waals surface area (Å²) in [6, 6.07) is 5.25. The predicted molar refractivity (Wildman–Crippen MR) is 135 cm³/mol. The molecule has 1 aromatic carbocycles. The second kappa shape index (κ2) is 14.5. The third-order valence-electron chi connectivity index (χ3n) is 5.55. The van der Waals surface area contributed by atoms with Crippen molar-refractivity contribution in [1.29, 1.82) is 0 Å².